The molecule has 16 aromatic rings. The third kappa shape index (κ3) is 16.3. The zero-order chi connectivity index (χ0) is 79.5. The molecule has 4 unspecified atom stereocenters. The predicted octanol–water partition coefficient (Wildman–Crippen LogP) is 27.1. The minimum absolute atomic E-state index is 0.0689. The van der Waals surface area contributed by atoms with Gasteiger partial charge in [0.25, 0.3) is 11.8 Å². The van der Waals surface area contributed by atoms with Gasteiger partial charge in [0, 0.05) is 147 Å². The number of carbonyl (C=O) groups excluding carboxylic acids is 4. The van der Waals surface area contributed by atoms with E-state index in [9.17, 15) is 24.0 Å². The lowest BCUT2D eigenvalue weighted by atomic mass is 9.71. The number of rotatable bonds is 1. The van der Waals surface area contributed by atoms with Crippen molar-refractivity contribution in [3.8, 4) is 11.3 Å². The molecule has 9 aromatic carbocycles. The number of fused-ring (bicyclic) bond motifs is 24. The SMILES string of the molecule is Brc1csc2ccccc12.CC.CC.CC.CC.CC.CC.CC.CC.Cc1cc2ccccc2n1C(=O)O.Cn1c2c(c3ccccc31)C1C(=O)NC(=O)C1C1Sc3ccccc3C21.Cn1c2ccccc2c2c3c(c4sc5ccccc5c4c21)C(=O)NC3=O.c1ccc2[nH]c(-c3csc4ccccc34)cc2c1. The van der Waals surface area contributed by atoms with Crippen molar-refractivity contribution in [1.82, 2.24) is 29.3 Å². The summed E-state index contributed by atoms with van der Waals surface area (Å²) in [5, 5.41) is 28.5. The van der Waals surface area contributed by atoms with Crippen molar-refractivity contribution in [1.29, 1.82) is 0 Å². The highest BCUT2D eigenvalue weighted by Gasteiger charge is 2.58. The highest BCUT2D eigenvalue weighted by molar-refractivity contribution is 9.10. The maximum Gasteiger partial charge on any atom is 0.416 e. The lowest BCUT2D eigenvalue weighted by Crippen LogP contribution is -2.36. The lowest BCUT2D eigenvalue weighted by molar-refractivity contribution is -0.125. The number of nitrogens with one attached hydrogen (secondary N) is 3. The maximum absolute atomic E-state index is 12.7. The molecule has 12 nitrogen and oxygen atoms in total. The van der Waals surface area contributed by atoms with Crippen molar-refractivity contribution < 1.29 is 29.1 Å². The number of thiophene rings is 3. The van der Waals surface area contributed by atoms with Gasteiger partial charge in [-0.2, -0.15) is 0 Å². The number of nitrogens with zero attached hydrogens (tertiary/aromatic N) is 3. The number of hydrogen-bond donors (Lipinski definition) is 4. The smallest absolute Gasteiger partial charge is 0.416 e. The van der Waals surface area contributed by atoms with Crippen LogP contribution in [0.25, 0.3) is 106 Å². The Morgan fingerprint density at radius 2 is 0.982 bits per heavy atom. The van der Waals surface area contributed by atoms with Crippen molar-refractivity contribution >= 4 is 186 Å². The van der Waals surface area contributed by atoms with Gasteiger partial charge in [-0.25, -0.2) is 4.79 Å². The summed E-state index contributed by atoms with van der Waals surface area (Å²) in [6, 6.07) is 69.7. The van der Waals surface area contributed by atoms with Crippen LogP contribution >= 0.6 is 61.7 Å². The number of carbonyl (C=O) groups is 5. The Morgan fingerprint density at radius 1 is 0.477 bits per heavy atom. The van der Waals surface area contributed by atoms with E-state index in [4.69, 9.17) is 5.11 Å². The fourth-order valence-corrected chi connectivity index (χ4v) is 19.8. The van der Waals surface area contributed by atoms with Crippen molar-refractivity contribution in [3.63, 3.8) is 0 Å². The van der Waals surface area contributed by atoms with E-state index in [1.807, 2.05) is 191 Å². The number of aromatic amines is 1. The molecule has 1 fully saturated rings. The Labute approximate surface area is 665 Å². The van der Waals surface area contributed by atoms with E-state index in [0.29, 0.717) is 11.1 Å². The van der Waals surface area contributed by atoms with Crippen LogP contribution in [-0.2, 0) is 23.7 Å². The first-order valence-corrected chi connectivity index (χ1v) is 42.4. The standard InChI is InChI=1S/C21H16N2O2S.C21H12N2O2S.C16H11NS.C10H9NO2.C8H5BrS.8C2H6/c2*1-23-12-8-4-2-6-10(12)14-16-17(21(25)22-20(16)24)19-15(18(14)23)11-7-3-5-9-13(11)26-19;1-3-7-14-11(5-1)9-15(17-14)13-10-18-16-8-4-2-6-12(13)16;1-7-6-8-4-2-3-5-9(8)11(7)10(12)13;9-7-5-10-8-4-2-1-3-6(7)8;8*1-2/h2-9,15-17,19H,1H3,(H,22,24,25);2-9H,1H3,(H,22,24,25);1-10,17H;2-6H,1H3,(H,12,13);1-5H;8*1-2H3. The molecule has 4 atom stereocenters. The molecule has 3 aliphatic heterocycles. The molecule has 1 saturated heterocycles. The maximum atomic E-state index is 12.7. The van der Waals surface area contributed by atoms with Crippen LogP contribution in [0.3, 0.4) is 0 Å². The van der Waals surface area contributed by atoms with E-state index in [-0.39, 0.29) is 46.6 Å². The quantitative estimate of drug-likeness (QED) is 0.119. The summed E-state index contributed by atoms with van der Waals surface area (Å²) in [5.41, 5.74) is 12.9. The predicted molar refractivity (Wildman–Crippen MR) is 475 cm³/mol. The highest BCUT2D eigenvalue weighted by atomic mass is 79.9. The second-order valence-corrected chi connectivity index (χ2v) is 28.4. The van der Waals surface area contributed by atoms with E-state index in [2.05, 4.69) is 186 Å². The van der Waals surface area contributed by atoms with E-state index in [0.717, 1.165) is 75.0 Å². The molecule has 0 spiro atoms. The molecule has 4 N–H and O–H groups in total. The molecular weight excluding hydrogens is 1490 g/mol. The number of amides is 4. The average Bonchev–Trinajstić information content (AvgIpc) is 1.54. The molecule has 0 bridgehead atoms. The molecule has 10 heterocycles. The van der Waals surface area contributed by atoms with Gasteiger partial charge in [0.1, 0.15) is 0 Å². The molecule has 20 rings (SSSR count). The first kappa shape index (κ1) is 84.7. The average molecular weight is 1600 g/mol. The van der Waals surface area contributed by atoms with Gasteiger partial charge in [0.15, 0.2) is 0 Å². The number of halogens is 1. The summed E-state index contributed by atoms with van der Waals surface area (Å²) < 4.78 is 11.6. The van der Waals surface area contributed by atoms with Crippen molar-refractivity contribution in [2.45, 2.75) is 140 Å². The molecular formula is C92H101BrN6O6S4. The molecule has 0 saturated carbocycles. The van der Waals surface area contributed by atoms with Crippen LogP contribution in [-0.4, -0.2) is 58.8 Å². The van der Waals surface area contributed by atoms with Gasteiger partial charge in [-0.15, -0.1) is 45.8 Å². The molecule has 1 aliphatic carbocycles. The first-order valence-electron chi connectivity index (χ1n) is 38.2. The van der Waals surface area contributed by atoms with Gasteiger partial charge in [-0.1, -0.05) is 256 Å². The second-order valence-electron chi connectivity index (χ2n) is 23.4. The Balaban J connectivity index is 0.000000169. The van der Waals surface area contributed by atoms with Gasteiger partial charge >= 0.3 is 6.09 Å². The molecule has 17 heteroatoms. The van der Waals surface area contributed by atoms with Crippen LogP contribution < -0.4 is 10.6 Å². The van der Waals surface area contributed by atoms with Crippen LogP contribution in [0.2, 0.25) is 0 Å². The van der Waals surface area contributed by atoms with E-state index in [1.54, 1.807) is 58.8 Å². The van der Waals surface area contributed by atoms with E-state index >= 15 is 0 Å². The second kappa shape index (κ2) is 39.5. The number of benzene rings is 9. The third-order valence-corrected chi connectivity index (χ3v) is 23.9. The molecule has 4 aliphatic rings. The molecule has 109 heavy (non-hydrogen) atoms. The molecule has 0 radical (unpaired) electrons. The topological polar surface area (TPSA) is 160 Å². The van der Waals surface area contributed by atoms with Crippen molar-refractivity contribution in [2.75, 3.05) is 0 Å². The van der Waals surface area contributed by atoms with Crippen LogP contribution in [0.5, 0.6) is 0 Å². The summed E-state index contributed by atoms with van der Waals surface area (Å²) in [6.45, 7) is 33.8. The first-order chi connectivity index (χ1) is 53.3. The number of H-pyrrole nitrogens is 1. The van der Waals surface area contributed by atoms with Gasteiger partial charge in [0.05, 0.1) is 38.7 Å². The monoisotopic (exact) mass is 1590 g/mol. The zero-order valence-electron chi connectivity index (χ0n) is 65.9. The van der Waals surface area contributed by atoms with Crippen molar-refractivity contribution in [2.24, 2.45) is 20.0 Å². The summed E-state index contributed by atoms with van der Waals surface area (Å²) in [7, 11) is 4.11. The third-order valence-electron chi connectivity index (χ3n) is 18.4. The van der Waals surface area contributed by atoms with Gasteiger partial charge in [-0.05, 0) is 94.6 Å². The van der Waals surface area contributed by atoms with Gasteiger partial charge in [-0.3, -0.25) is 34.4 Å². The van der Waals surface area contributed by atoms with Gasteiger partial charge in [0.2, 0.25) is 11.8 Å². The molecule has 4 amide bonds. The number of imide groups is 2. The number of carboxylic acid groups (broad SMARTS) is 1. The number of thioether (sulfide) groups is 1. The Kier molecular flexibility index (Phi) is 30.7. The van der Waals surface area contributed by atoms with Crippen LogP contribution in [0.4, 0.5) is 4.79 Å². The van der Waals surface area contributed by atoms with Crippen LogP contribution in [0.1, 0.15) is 166 Å². The van der Waals surface area contributed by atoms with Crippen LogP contribution in [0, 0.1) is 12.8 Å². The number of aryl methyl sites for hydroxylation is 3. The summed E-state index contributed by atoms with van der Waals surface area (Å²) in [6.07, 6.45) is -0.932. The Bertz CT molecular complexity index is 5790. The van der Waals surface area contributed by atoms with E-state index < -0.39 is 6.09 Å². The Morgan fingerprint density at radius 3 is 1.61 bits per heavy atom. The number of aromatic nitrogens is 4. The highest BCUT2D eigenvalue weighted by Crippen LogP contribution is 2.61. The lowest BCUT2D eigenvalue weighted by Gasteiger charge is -2.34. The molecule has 7 aromatic heterocycles. The largest absolute Gasteiger partial charge is 0.464 e. The fraction of sp³-hybridized carbons (Fsp3) is 0.250. The summed E-state index contributed by atoms with van der Waals surface area (Å²) in [5.74, 6) is -1.40. The minimum Gasteiger partial charge on any atom is -0.464 e. The van der Waals surface area contributed by atoms with Gasteiger partial charge < -0.3 is 19.2 Å². The summed E-state index contributed by atoms with van der Waals surface area (Å²) >= 11 is 10.4. The fourth-order valence-electron chi connectivity index (χ4n) is 14.4. The minimum atomic E-state index is -0.932. The van der Waals surface area contributed by atoms with Crippen LogP contribution in [0.15, 0.2) is 226 Å². The zero-order valence-corrected chi connectivity index (χ0v) is 70.8. The number of hydrogen-bond acceptors (Lipinski definition) is 9. The normalized spacial score (nSPS) is 14.7. The Hall–Kier alpha value is -9.88. The summed E-state index contributed by atoms with van der Waals surface area (Å²) in [4.78, 5) is 66.3. The number of para-hydroxylation sites is 4. The molecule has 566 valence electrons. The van der Waals surface area contributed by atoms with Crippen molar-refractivity contribution in [3.05, 3.63) is 255 Å². The van der Waals surface area contributed by atoms with E-state index in [1.165, 1.54) is 67.5 Å².